The van der Waals surface area contributed by atoms with Crippen LogP contribution in [0.2, 0.25) is 0 Å². The molecule has 0 saturated carbocycles. The highest BCUT2D eigenvalue weighted by Gasteiger charge is 2.30. The Hall–Kier alpha value is -2.43. The third kappa shape index (κ3) is 5.13. The van der Waals surface area contributed by atoms with E-state index in [9.17, 15) is 13.2 Å². The molecule has 0 spiro atoms. The van der Waals surface area contributed by atoms with E-state index in [4.69, 9.17) is 14.2 Å². The zero-order valence-electron chi connectivity index (χ0n) is 17.8. The molecule has 1 amide bonds. The molecule has 32 heavy (non-hydrogen) atoms. The van der Waals surface area contributed by atoms with Gasteiger partial charge in [0.25, 0.3) is 0 Å². The number of nitrogens with one attached hydrogen (secondary N) is 1. The van der Waals surface area contributed by atoms with Gasteiger partial charge >= 0.3 is 0 Å². The largest absolute Gasteiger partial charge is 0.492 e. The minimum atomic E-state index is -3.69. The highest BCUT2D eigenvalue weighted by atomic mass is 32.2. The number of anilines is 1. The molecule has 172 valence electrons. The van der Waals surface area contributed by atoms with Crippen molar-refractivity contribution in [1.29, 1.82) is 0 Å². The van der Waals surface area contributed by atoms with Crippen LogP contribution in [0.1, 0.15) is 19.8 Å². The van der Waals surface area contributed by atoms with Crippen molar-refractivity contribution in [2.75, 3.05) is 44.0 Å². The fourth-order valence-corrected chi connectivity index (χ4v) is 5.99. The first-order valence-electron chi connectivity index (χ1n) is 10.6. The Morgan fingerprint density at radius 3 is 2.59 bits per heavy atom. The molecule has 2 aromatic rings. The molecule has 1 saturated heterocycles. The lowest BCUT2D eigenvalue weighted by Crippen LogP contribution is -2.28. The number of carbonyl (C=O) groups excluding carboxylic acids is 1. The van der Waals surface area contributed by atoms with Crippen LogP contribution in [0.4, 0.5) is 5.69 Å². The molecule has 10 heteroatoms. The van der Waals surface area contributed by atoms with Gasteiger partial charge in [0.2, 0.25) is 15.9 Å². The Bertz CT molecular complexity index is 1080. The zero-order chi connectivity index (χ0) is 22.6. The SMILES string of the molecule is CCOc1ccc(NC(=O)CSc2ccc3c(c2)OCCO3)cc1S(=O)(=O)N1CCCC1. The first-order chi connectivity index (χ1) is 15.5. The van der Waals surface area contributed by atoms with Crippen LogP contribution >= 0.6 is 11.8 Å². The van der Waals surface area contributed by atoms with Crippen LogP contribution in [-0.4, -0.2) is 57.3 Å². The number of fused-ring (bicyclic) bond motifs is 1. The van der Waals surface area contributed by atoms with Crippen molar-refractivity contribution < 1.29 is 27.4 Å². The fourth-order valence-electron chi connectivity index (χ4n) is 3.59. The van der Waals surface area contributed by atoms with Gasteiger partial charge in [-0.25, -0.2) is 8.42 Å². The van der Waals surface area contributed by atoms with Crippen molar-refractivity contribution in [3.63, 3.8) is 0 Å². The molecule has 2 heterocycles. The number of hydrogen-bond acceptors (Lipinski definition) is 7. The van der Waals surface area contributed by atoms with Gasteiger partial charge in [0.1, 0.15) is 23.9 Å². The quantitative estimate of drug-likeness (QED) is 0.582. The molecule has 2 aliphatic rings. The maximum absolute atomic E-state index is 13.1. The maximum Gasteiger partial charge on any atom is 0.246 e. The molecule has 4 rings (SSSR count). The van der Waals surface area contributed by atoms with Gasteiger partial charge in [-0.15, -0.1) is 11.8 Å². The summed E-state index contributed by atoms with van der Waals surface area (Å²) in [6.45, 7) is 4.17. The standard InChI is InChI=1S/C22H26N2O6S2/c1-2-28-19-7-5-16(13-21(19)32(26,27)24-9-3-4-10-24)23-22(25)15-31-17-6-8-18-20(14-17)30-12-11-29-18/h5-8,13-14H,2-4,9-12,15H2,1H3,(H,23,25). The second-order valence-corrected chi connectivity index (χ2v) is 10.3. The van der Waals surface area contributed by atoms with Gasteiger partial charge in [-0.05, 0) is 56.2 Å². The minimum Gasteiger partial charge on any atom is -0.492 e. The van der Waals surface area contributed by atoms with Gasteiger partial charge in [-0.1, -0.05) is 0 Å². The molecule has 1 fully saturated rings. The van der Waals surface area contributed by atoms with Crippen LogP contribution in [0, 0.1) is 0 Å². The van der Waals surface area contributed by atoms with Gasteiger partial charge in [0.15, 0.2) is 11.5 Å². The summed E-state index contributed by atoms with van der Waals surface area (Å²) in [5.74, 6) is 1.60. The molecule has 2 aliphatic heterocycles. The average molecular weight is 479 g/mol. The molecular weight excluding hydrogens is 452 g/mol. The Labute approximate surface area is 192 Å². The summed E-state index contributed by atoms with van der Waals surface area (Å²) in [7, 11) is -3.69. The number of amides is 1. The van der Waals surface area contributed by atoms with Gasteiger partial charge in [-0.3, -0.25) is 4.79 Å². The normalized spacial score (nSPS) is 16.0. The molecule has 0 bridgehead atoms. The Balaban J connectivity index is 1.45. The van der Waals surface area contributed by atoms with Crippen LogP contribution < -0.4 is 19.5 Å². The number of sulfonamides is 1. The summed E-state index contributed by atoms with van der Waals surface area (Å²) in [6, 6.07) is 10.3. The Morgan fingerprint density at radius 1 is 1.09 bits per heavy atom. The molecule has 8 nitrogen and oxygen atoms in total. The van der Waals surface area contributed by atoms with Gasteiger partial charge in [0.05, 0.1) is 12.4 Å². The summed E-state index contributed by atoms with van der Waals surface area (Å²) in [5, 5.41) is 2.79. The molecule has 0 aliphatic carbocycles. The lowest BCUT2D eigenvalue weighted by Gasteiger charge is -2.19. The van der Waals surface area contributed by atoms with Crippen LogP contribution in [0.3, 0.4) is 0 Å². The van der Waals surface area contributed by atoms with E-state index in [1.807, 2.05) is 18.2 Å². The first kappa shape index (κ1) is 22.8. The molecule has 0 atom stereocenters. The van der Waals surface area contributed by atoms with E-state index < -0.39 is 10.0 Å². The van der Waals surface area contributed by atoms with Gasteiger partial charge < -0.3 is 19.5 Å². The van der Waals surface area contributed by atoms with Crippen LogP contribution in [0.5, 0.6) is 17.2 Å². The van der Waals surface area contributed by atoms with Crippen LogP contribution in [0.15, 0.2) is 46.2 Å². The molecule has 2 aromatic carbocycles. The third-order valence-corrected chi connectivity index (χ3v) is 8.01. The van der Waals surface area contributed by atoms with E-state index in [-0.39, 0.29) is 16.6 Å². The molecular formula is C22H26N2O6S2. The number of thioether (sulfide) groups is 1. The Morgan fingerprint density at radius 2 is 1.84 bits per heavy atom. The highest BCUT2D eigenvalue weighted by Crippen LogP contribution is 2.35. The van der Waals surface area contributed by atoms with Crippen molar-refractivity contribution in [3.8, 4) is 17.2 Å². The number of benzene rings is 2. The van der Waals surface area contributed by atoms with E-state index in [1.165, 1.54) is 22.1 Å². The third-order valence-electron chi connectivity index (χ3n) is 5.09. The number of hydrogen-bond donors (Lipinski definition) is 1. The van der Waals surface area contributed by atoms with E-state index in [1.54, 1.807) is 19.1 Å². The van der Waals surface area contributed by atoms with Crippen molar-refractivity contribution in [2.24, 2.45) is 0 Å². The lowest BCUT2D eigenvalue weighted by atomic mass is 10.3. The minimum absolute atomic E-state index is 0.0820. The number of rotatable bonds is 8. The number of ether oxygens (including phenoxy) is 3. The predicted octanol–water partition coefficient (Wildman–Crippen LogP) is 3.37. The summed E-state index contributed by atoms with van der Waals surface area (Å²) in [4.78, 5) is 13.5. The summed E-state index contributed by atoms with van der Waals surface area (Å²) >= 11 is 1.36. The zero-order valence-corrected chi connectivity index (χ0v) is 19.5. The fraction of sp³-hybridized carbons (Fsp3) is 0.409. The Kier molecular flexibility index (Phi) is 7.12. The molecule has 0 radical (unpaired) electrons. The van der Waals surface area contributed by atoms with Crippen molar-refractivity contribution in [1.82, 2.24) is 4.31 Å². The van der Waals surface area contributed by atoms with Crippen molar-refractivity contribution in [2.45, 2.75) is 29.6 Å². The molecule has 0 aromatic heterocycles. The summed E-state index contributed by atoms with van der Waals surface area (Å²) < 4.78 is 44.3. The van der Waals surface area contributed by atoms with Crippen molar-refractivity contribution in [3.05, 3.63) is 36.4 Å². The smallest absolute Gasteiger partial charge is 0.246 e. The van der Waals surface area contributed by atoms with Gasteiger partial charge in [-0.2, -0.15) is 4.31 Å². The average Bonchev–Trinajstić information content (AvgIpc) is 3.35. The van der Waals surface area contributed by atoms with E-state index in [2.05, 4.69) is 5.32 Å². The number of nitrogens with zero attached hydrogens (tertiary/aromatic N) is 1. The van der Waals surface area contributed by atoms with Crippen molar-refractivity contribution >= 4 is 33.4 Å². The monoisotopic (exact) mass is 478 g/mol. The van der Waals surface area contributed by atoms with E-state index >= 15 is 0 Å². The molecule has 1 N–H and O–H groups in total. The predicted molar refractivity (Wildman–Crippen MR) is 122 cm³/mol. The highest BCUT2D eigenvalue weighted by molar-refractivity contribution is 8.00. The van der Waals surface area contributed by atoms with Crippen LogP contribution in [-0.2, 0) is 14.8 Å². The maximum atomic E-state index is 13.1. The van der Waals surface area contributed by atoms with Gasteiger partial charge in [0, 0.05) is 23.7 Å². The van der Waals surface area contributed by atoms with E-state index in [0.717, 1.165) is 17.7 Å². The molecule has 0 unspecified atom stereocenters. The first-order valence-corrected chi connectivity index (χ1v) is 13.0. The second kappa shape index (κ2) is 10.0. The summed E-state index contributed by atoms with van der Waals surface area (Å²) in [5.41, 5.74) is 0.416. The lowest BCUT2D eigenvalue weighted by molar-refractivity contribution is -0.113. The second-order valence-electron chi connectivity index (χ2n) is 7.35. The van der Waals surface area contributed by atoms with E-state index in [0.29, 0.717) is 55.8 Å². The summed E-state index contributed by atoms with van der Waals surface area (Å²) in [6.07, 6.45) is 1.69. The number of carbonyl (C=O) groups is 1. The van der Waals surface area contributed by atoms with Crippen LogP contribution in [0.25, 0.3) is 0 Å². The topological polar surface area (TPSA) is 94.2 Å².